The zero-order valence-corrected chi connectivity index (χ0v) is 36.5. The molecule has 2 fully saturated rings. The van der Waals surface area contributed by atoms with Crippen LogP contribution >= 0.6 is 0 Å². The fraction of sp³-hybridized carbons (Fsp3) is 0.933. The fourth-order valence-corrected chi connectivity index (χ4v) is 7.82. The third-order valence-electron chi connectivity index (χ3n) is 11.7. The van der Waals surface area contributed by atoms with E-state index >= 15 is 0 Å². The highest BCUT2D eigenvalue weighted by molar-refractivity contribution is 5.76. The van der Waals surface area contributed by atoms with E-state index < -0.39 is 86.8 Å². The summed E-state index contributed by atoms with van der Waals surface area (Å²) in [6.45, 7) is 2.80. The van der Waals surface area contributed by atoms with Crippen LogP contribution in [0.3, 0.4) is 0 Å². The number of amides is 1. The lowest BCUT2D eigenvalue weighted by Gasteiger charge is -2.46. The standard InChI is InChI=1S/C45H85NO13/c1-3-5-7-9-11-13-15-16-17-18-19-21-23-25-27-29-37(50)46-33(34(49)28-26-24-22-20-14-12-10-8-6-4-2)32-56-44-42(55)40(53)43(36(31-48)58-44)59-45-41(54)39(52)38(51)35(30-47)57-45/h16-17,33-36,38-45,47-49,51-55H,3-15,18-32H2,1-2H3,(H,46,50)/b17-16-. The van der Waals surface area contributed by atoms with Crippen LogP contribution in [0.25, 0.3) is 0 Å². The molecule has 14 heteroatoms. The highest BCUT2D eigenvalue weighted by Crippen LogP contribution is 2.30. The van der Waals surface area contributed by atoms with E-state index in [9.17, 15) is 45.6 Å². The van der Waals surface area contributed by atoms with Gasteiger partial charge in [0, 0.05) is 6.42 Å². The molecule has 0 spiro atoms. The van der Waals surface area contributed by atoms with Crippen LogP contribution in [0.1, 0.15) is 174 Å². The summed E-state index contributed by atoms with van der Waals surface area (Å²) in [4.78, 5) is 13.1. The number of unbranched alkanes of at least 4 members (excludes halogenated alkanes) is 20. The summed E-state index contributed by atoms with van der Waals surface area (Å²) in [5, 5.41) is 86.5. The Hall–Kier alpha value is -1.27. The SMILES string of the molecule is CCCCCCCC/C=C\CCCCCCCC(=O)NC(COC1OC(CO)C(OC2OC(CO)C(O)C(O)C2O)C(O)C1O)C(O)CCCCCCCCCCCC. The predicted molar refractivity (Wildman–Crippen MR) is 226 cm³/mol. The van der Waals surface area contributed by atoms with Crippen molar-refractivity contribution in [1.29, 1.82) is 0 Å². The van der Waals surface area contributed by atoms with Gasteiger partial charge in [0.2, 0.25) is 5.91 Å². The molecule has 0 radical (unpaired) electrons. The number of ether oxygens (including phenoxy) is 4. The third-order valence-corrected chi connectivity index (χ3v) is 11.7. The van der Waals surface area contributed by atoms with Gasteiger partial charge in [-0.1, -0.05) is 142 Å². The minimum atomic E-state index is -1.78. The normalized spacial score (nSPS) is 28.6. The van der Waals surface area contributed by atoms with Crippen molar-refractivity contribution in [3.63, 3.8) is 0 Å². The molecule has 2 saturated heterocycles. The average molecular weight is 848 g/mol. The van der Waals surface area contributed by atoms with Crippen molar-refractivity contribution in [2.75, 3.05) is 19.8 Å². The molecule has 12 unspecified atom stereocenters. The maximum atomic E-state index is 13.1. The van der Waals surface area contributed by atoms with Crippen LogP contribution in [0, 0.1) is 0 Å². The van der Waals surface area contributed by atoms with Gasteiger partial charge in [-0.25, -0.2) is 0 Å². The van der Waals surface area contributed by atoms with Crippen LogP contribution in [-0.2, 0) is 23.7 Å². The second kappa shape index (κ2) is 33.3. The summed E-state index contributed by atoms with van der Waals surface area (Å²) in [6.07, 6.45) is 15.1. The minimum Gasteiger partial charge on any atom is -0.394 e. The van der Waals surface area contributed by atoms with Crippen molar-refractivity contribution in [1.82, 2.24) is 5.32 Å². The van der Waals surface area contributed by atoms with E-state index in [1.165, 1.54) is 77.0 Å². The number of hydrogen-bond acceptors (Lipinski definition) is 13. The molecule has 0 aliphatic carbocycles. The van der Waals surface area contributed by atoms with Crippen molar-refractivity contribution < 1.29 is 64.6 Å². The summed E-state index contributed by atoms with van der Waals surface area (Å²) in [6, 6.07) is -0.826. The average Bonchev–Trinajstić information content (AvgIpc) is 3.23. The number of carbonyl (C=O) groups excluding carboxylic acids is 1. The molecular weight excluding hydrogens is 762 g/mol. The topological polar surface area (TPSA) is 228 Å². The van der Waals surface area contributed by atoms with E-state index in [-0.39, 0.29) is 12.5 Å². The van der Waals surface area contributed by atoms with E-state index in [4.69, 9.17) is 18.9 Å². The number of aliphatic hydroxyl groups is 8. The van der Waals surface area contributed by atoms with Gasteiger partial charge in [-0.2, -0.15) is 0 Å². The van der Waals surface area contributed by atoms with Crippen molar-refractivity contribution in [2.24, 2.45) is 0 Å². The zero-order chi connectivity index (χ0) is 43.3. The quantitative estimate of drug-likeness (QED) is 0.0308. The smallest absolute Gasteiger partial charge is 0.220 e. The van der Waals surface area contributed by atoms with E-state index in [1.807, 2.05) is 0 Å². The summed E-state index contributed by atoms with van der Waals surface area (Å²) in [5.41, 5.74) is 0. The van der Waals surface area contributed by atoms with Gasteiger partial charge in [0.05, 0.1) is 32.0 Å². The maximum absolute atomic E-state index is 13.1. The van der Waals surface area contributed by atoms with Crippen molar-refractivity contribution in [3.05, 3.63) is 12.2 Å². The fourth-order valence-electron chi connectivity index (χ4n) is 7.82. The van der Waals surface area contributed by atoms with Crippen LogP contribution in [0.15, 0.2) is 12.2 Å². The summed E-state index contributed by atoms with van der Waals surface area (Å²) >= 11 is 0. The second-order valence-electron chi connectivity index (χ2n) is 16.9. The molecule has 2 aliphatic rings. The van der Waals surface area contributed by atoms with Gasteiger partial charge in [0.1, 0.15) is 48.8 Å². The van der Waals surface area contributed by atoms with Crippen molar-refractivity contribution >= 4 is 5.91 Å². The van der Waals surface area contributed by atoms with E-state index in [0.717, 1.165) is 64.2 Å². The lowest BCUT2D eigenvalue weighted by Crippen LogP contribution is -2.65. The second-order valence-corrected chi connectivity index (χ2v) is 16.9. The molecule has 2 aliphatic heterocycles. The van der Waals surface area contributed by atoms with Crippen LogP contribution in [0.5, 0.6) is 0 Å². The number of nitrogens with one attached hydrogen (secondary N) is 1. The van der Waals surface area contributed by atoms with Crippen LogP contribution < -0.4 is 5.32 Å². The van der Waals surface area contributed by atoms with E-state index in [1.54, 1.807) is 0 Å². The summed E-state index contributed by atoms with van der Waals surface area (Å²) < 4.78 is 22.7. The monoisotopic (exact) mass is 848 g/mol. The zero-order valence-electron chi connectivity index (χ0n) is 36.5. The number of allylic oxidation sites excluding steroid dienone is 2. The molecule has 1 amide bonds. The maximum Gasteiger partial charge on any atom is 0.220 e. The Labute approximate surface area is 355 Å². The Morgan fingerprint density at radius 3 is 1.61 bits per heavy atom. The predicted octanol–water partition coefficient (Wildman–Crippen LogP) is 4.82. The molecule has 0 aromatic rings. The first-order chi connectivity index (χ1) is 28.6. The highest BCUT2D eigenvalue weighted by Gasteiger charge is 2.51. The molecule has 59 heavy (non-hydrogen) atoms. The van der Waals surface area contributed by atoms with E-state index in [2.05, 4.69) is 31.3 Å². The van der Waals surface area contributed by atoms with Gasteiger partial charge in [0.15, 0.2) is 12.6 Å². The van der Waals surface area contributed by atoms with E-state index in [0.29, 0.717) is 19.3 Å². The third kappa shape index (κ3) is 21.6. The molecule has 9 N–H and O–H groups in total. The number of aliphatic hydroxyl groups excluding tert-OH is 8. The Morgan fingerprint density at radius 2 is 1.07 bits per heavy atom. The number of hydrogen-bond donors (Lipinski definition) is 9. The Bertz CT molecular complexity index is 1050. The van der Waals surface area contributed by atoms with Crippen LogP contribution in [0.4, 0.5) is 0 Å². The van der Waals surface area contributed by atoms with Gasteiger partial charge >= 0.3 is 0 Å². The van der Waals surface area contributed by atoms with Crippen molar-refractivity contribution in [2.45, 2.75) is 248 Å². The molecule has 12 atom stereocenters. The molecule has 0 aromatic heterocycles. The first kappa shape index (κ1) is 53.9. The van der Waals surface area contributed by atoms with Crippen LogP contribution in [0.2, 0.25) is 0 Å². The first-order valence-electron chi connectivity index (χ1n) is 23.4. The molecule has 14 nitrogen and oxygen atoms in total. The molecule has 0 bridgehead atoms. The van der Waals surface area contributed by atoms with Crippen LogP contribution in [-0.4, -0.2) is 140 Å². The minimum absolute atomic E-state index is 0.218. The molecule has 348 valence electrons. The Balaban J connectivity index is 1.87. The molecule has 0 saturated carbocycles. The van der Waals surface area contributed by atoms with Gasteiger partial charge in [-0.15, -0.1) is 0 Å². The molecule has 0 aromatic carbocycles. The Morgan fingerprint density at radius 1 is 0.593 bits per heavy atom. The molecular formula is C45H85NO13. The Kier molecular flexibility index (Phi) is 30.4. The number of rotatable bonds is 35. The van der Waals surface area contributed by atoms with Gasteiger partial charge in [-0.3, -0.25) is 4.79 Å². The molecule has 2 heterocycles. The first-order valence-corrected chi connectivity index (χ1v) is 23.4. The largest absolute Gasteiger partial charge is 0.394 e. The molecule has 2 rings (SSSR count). The lowest BCUT2D eigenvalue weighted by molar-refractivity contribution is -0.359. The van der Waals surface area contributed by atoms with Gasteiger partial charge in [-0.05, 0) is 38.5 Å². The van der Waals surface area contributed by atoms with Gasteiger partial charge in [0.25, 0.3) is 0 Å². The summed E-state index contributed by atoms with van der Waals surface area (Å²) in [5.74, 6) is -0.218. The highest BCUT2D eigenvalue weighted by atomic mass is 16.7. The lowest BCUT2D eigenvalue weighted by atomic mass is 9.97. The van der Waals surface area contributed by atoms with Crippen molar-refractivity contribution in [3.8, 4) is 0 Å². The number of carbonyl (C=O) groups is 1. The summed E-state index contributed by atoms with van der Waals surface area (Å²) in [7, 11) is 0. The van der Waals surface area contributed by atoms with Gasteiger partial charge < -0.3 is 65.1 Å².